The third-order valence-electron chi connectivity index (χ3n) is 3.22. The number of hydrogen-bond acceptors (Lipinski definition) is 4. The first-order valence-corrected chi connectivity index (χ1v) is 8.82. The summed E-state index contributed by atoms with van der Waals surface area (Å²) in [6.07, 6.45) is 0. The summed E-state index contributed by atoms with van der Waals surface area (Å²) in [6, 6.07) is 13.8. The summed E-state index contributed by atoms with van der Waals surface area (Å²) in [7, 11) is 0. The number of thiophene rings is 1. The van der Waals surface area contributed by atoms with E-state index in [9.17, 15) is 14.0 Å². The van der Waals surface area contributed by atoms with E-state index in [1.165, 1.54) is 41.7 Å². The molecule has 0 atom stereocenters. The van der Waals surface area contributed by atoms with E-state index < -0.39 is 11.8 Å². The van der Waals surface area contributed by atoms with Gasteiger partial charge in [-0.3, -0.25) is 4.79 Å². The molecular formula is C18H11BrFNO3S. The van der Waals surface area contributed by atoms with E-state index in [-0.39, 0.29) is 17.2 Å². The van der Waals surface area contributed by atoms with Crippen molar-refractivity contribution in [3.05, 3.63) is 80.7 Å². The van der Waals surface area contributed by atoms with Crippen LogP contribution in [0.25, 0.3) is 0 Å². The van der Waals surface area contributed by atoms with Crippen LogP contribution in [0.15, 0.2) is 64.5 Å². The smallest absolute Gasteiger partial charge is 0.346 e. The quantitative estimate of drug-likeness (QED) is 0.471. The number of ether oxygens (including phenoxy) is 1. The molecule has 126 valence electrons. The number of nitrogens with one attached hydrogen (secondary N) is 1. The Morgan fingerprint density at radius 1 is 1.08 bits per heavy atom. The average Bonchev–Trinajstić information content (AvgIpc) is 3.13. The third kappa shape index (κ3) is 4.32. The summed E-state index contributed by atoms with van der Waals surface area (Å²) in [5.74, 6) is -1.42. The van der Waals surface area contributed by atoms with Gasteiger partial charge >= 0.3 is 5.97 Å². The molecule has 0 aliphatic heterocycles. The Hall–Kier alpha value is -2.51. The minimum Gasteiger partial charge on any atom is -0.423 e. The Labute approximate surface area is 155 Å². The van der Waals surface area contributed by atoms with Gasteiger partial charge in [0.1, 0.15) is 11.6 Å². The maximum Gasteiger partial charge on any atom is 0.346 e. The Morgan fingerprint density at radius 3 is 2.52 bits per heavy atom. The van der Waals surface area contributed by atoms with Gasteiger partial charge in [-0.15, -0.1) is 11.3 Å². The van der Waals surface area contributed by atoms with Crippen molar-refractivity contribution in [3.63, 3.8) is 0 Å². The van der Waals surface area contributed by atoms with Crippen LogP contribution in [0.5, 0.6) is 5.75 Å². The predicted molar refractivity (Wildman–Crippen MR) is 97.8 cm³/mol. The van der Waals surface area contributed by atoms with Gasteiger partial charge < -0.3 is 10.1 Å². The summed E-state index contributed by atoms with van der Waals surface area (Å²) < 4.78 is 19.4. The van der Waals surface area contributed by atoms with Gasteiger partial charge in [-0.2, -0.15) is 0 Å². The maximum absolute atomic E-state index is 13.7. The van der Waals surface area contributed by atoms with Crippen LogP contribution < -0.4 is 10.1 Å². The standard InChI is InChI=1S/C18H11BrFNO3S/c19-11-3-8-15(20)14(10-11)18(23)24-13-6-4-12(5-7-13)21-17(22)16-2-1-9-25-16/h1-10H,(H,21,22). The van der Waals surface area contributed by atoms with Crippen LogP contribution in [0.4, 0.5) is 10.1 Å². The zero-order valence-electron chi connectivity index (χ0n) is 12.7. The molecule has 0 saturated heterocycles. The van der Waals surface area contributed by atoms with Crippen molar-refractivity contribution in [1.82, 2.24) is 0 Å². The Kier molecular flexibility index (Phi) is 5.25. The molecule has 0 bridgehead atoms. The highest BCUT2D eigenvalue weighted by Gasteiger charge is 2.15. The molecule has 0 saturated carbocycles. The minimum atomic E-state index is -0.797. The number of hydrogen-bond donors (Lipinski definition) is 1. The fourth-order valence-electron chi connectivity index (χ4n) is 2.02. The van der Waals surface area contributed by atoms with Gasteiger partial charge in [0.25, 0.3) is 5.91 Å². The highest BCUT2D eigenvalue weighted by atomic mass is 79.9. The lowest BCUT2D eigenvalue weighted by atomic mass is 10.2. The maximum atomic E-state index is 13.7. The number of rotatable bonds is 4. The van der Waals surface area contributed by atoms with Gasteiger partial charge in [-0.05, 0) is 53.9 Å². The molecule has 1 aromatic heterocycles. The van der Waals surface area contributed by atoms with Crippen molar-refractivity contribution < 1.29 is 18.7 Å². The number of carbonyl (C=O) groups is 2. The normalized spacial score (nSPS) is 10.3. The van der Waals surface area contributed by atoms with E-state index in [2.05, 4.69) is 21.2 Å². The van der Waals surface area contributed by atoms with Gasteiger partial charge in [-0.1, -0.05) is 22.0 Å². The van der Waals surface area contributed by atoms with Gasteiger partial charge in [0.2, 0.25) is 0 Å². The van der Waals surface area contributed by atoms with Crippen LogP contribution in [-0.4, -0.2) is 11.9 Å². The molecule has 0 aliphatic rings. The highest BCUT2D eigenvalue weighted by molar-refractivity contribution is 9.10. The monoisotopic (exact) mass is 419 g/mol. The van der Waals surface area contributed by atoms with Crippen LogP contribution in [-0.2, 0) is 0 Å². The van der Waals surface area contributed by atoms with E-state index >= 15 is 0 Å². The molecule has 3 rings (SSSR count). The summed E-state index contributed by atoms with van der Waals surface area (Å²) in [6.45, 7) is 0. The molecule has 3 aromatic rings. The lowest BCUT2D eigenvalue weighted by Crippen LogP contribution is -2.11. The molecule has 25 heavy (non-hydrogen) atoms. The fraction of sp³-hybridized carbons (Fsp3) is 0. The summed E-state index contributed by atoms with van der Waals surface area (Å²) in [4.78, 5) is 24.6. The second kappa shape index (κ2) is 7.58. The van der Waals surface area contributed by atoms with Crippen LogP contribution in [0, 0.1) is 5.82 Å². The largest absolute Gasteiger partial charge is 0.423 e. The summed E-state index contributed by atoms with van der Waals surface area (Å²) >= 11 is 4.53. The molecule has 2 aromatic carbocycles. The van der Waals surface area contributed by atoms with Crippen molar-refractivity contribution >= 4 is 44.8 Å². The minimum absolute atomic E-state index is 0.163. The zero-order valence-corrected chi connectivity index (χ0v) is 15.1. The number of benzene rings is 2. The van der Waals surface area contributed by atoms with E-state index in [1.807, 2.05) is 5.38 Å². The first-order chi connectivity index (χ1) is 12.0. The van der Waals surface area contributed by atoms with Crippen molar-refractivity contribution in [1.29, 1.82) is 0 Å². The molecule has 0 spiro atoms. The Bertz CT molecular complexity index is 911. The molecule has 4 nitrogen and oxygen atoms in total. The van der Waals surface area contributed by atoms with Crippen LogP contribution in [0.1, 0.15) is 20.0 Å². The molecule has 1 amide bonds. The summed E-state index contributed by atoms with van der Waals surface area (Å²) in [5.41, 5.74) is 0.399. The topological polar surface area (TPSA) is 55.4 Å². The number of anilines is 1. The number of carbonyl (C=O) groups excluding carboxylic acids is 2. The molecule has 0 fully saturated rings. The van der Waals surface area contributed by atoms with Gasteiger partial charge in [-0.25, -0.2) is 9.18 Å². The first kappa shape index (κ1) is 17.3. The molecule has 1 N–H and O–H groups in total. The highest BCUT2D eigenvalue weighted by Crippen LogP contribution is 2.21. The SMILES string of the molecule is O=C(Nc1ccc(OC(=O)c2cc(Br)ccc2F)cc1)c1cccs1. The second-order valence-corrected chi connectivity index (χ2v) is 6.83. The number of halogens is 2. The molecule has 7 heteroatoms. The van der Waals surface area contributed by atoms with Crippen molar-refractivity contribution in [2.24, 2.45) is 0 Å². The van der Waals surface area contributed by atoms with E-state index in [0.29, 0.717) is 15.0 Å². The van der Waals surface area contributed by atoms with Crippen LogP contribution in [0.2, 0.25) is 0 Å². The van der Waals surface area contributed by atoms with E-state index in [1.54, 1.807) is 24.3 Å². The van der Waals surface area contributed by atoms with E-state index in [0.717, 1.165) is 0 Å². The number of amides is 1. The average molecular weight is 420 g/mol. The fourth-order valence-corrected chi connectivity index (χ4v) is 3.00. The molecular weight excluding hydrogens is 409 g/mol. The van der Waals surface area contributed by atoms with Gasteiger partial charge in [0, 0.05) is 10.2 Å². The number of esters is 1. The Morgan fingerprint density at radius 2 is 1.84 bits per heavy atom. The molecule has 1 heterocycles. The van der Waals surface area contributed by atoms with Gasteiger partial charge in [0.15, 0.2) is 0 Å². The van der Waals surface area contributed by atoms with Crippen molar-refractivity contribution in [2.75, 3.05) is 5.32 Å². The summed E-state index contributed by atoms with van der Waals surface area (Å²) in [5, 5.41) is 4.56. The molecule has 0 unspecified atom stereocenters. The van der Waals surface area contributed by atoms with Crippen LogP contribution >= 0.6 is 27.3 Å². The predicted octanol–water partition coefficient (Wildman–Crippen LogP) is 5.12. The molecule has 0 radical (unpaired) electrons. The third-order valence-corrected chi connectivity index (χ3v) is 4.58. The molecule has 0 aliphatic carbocycles. The van der Waals surface area contributed by atoms with Gasteiger partial charge in [0.05, 0.1) is 10.4 Å². The van der Waals surface area contributed by atoms with Crippen molar-refractivity contribution in [3.8, 4) is 5.75 Å². The first-order valence-electron chi connectivity index (χ1n) is 7.15. The Balaban J connectivity index is 1.67. The lowest BCUT2D eigenvalue weighted by molar-refractivity contribution is 0.0729. The van der Waals surface area contributed by atoms with E-state index in [4.69, 9.17) is 4.74 Å². The lowest BCUT2D eigenvalue weighted by Gasteiger charge is -2.07. The van der Waals surface area contributed by atoms with Crippen molar-refractivity contribution in [2.45, 2.75) is 0 Å². The second-order valence-electron chi connectivity index (χ2n) is 4.97. The zero-order chi connectivity index (χ0) is 17.8. The van der Waals surface area contributed by atoms with Crippen LogP contribution in [0.3, 0.4) is 0 Å².